The predicted molar refractivity (Wildman–Crippen MR) is 92.0 cm³/mol. The molecule has 0 aromatic heterocycles. The van der Waals surface area contributed by atoms with Gasteiger partial charge in [0.1, 0.15) is 5.75 Å². The van der Waals surface area contributed by atoms with Gasteiger partial charge in [-0.05, 0) is 75.3 Å². The Morgan fingerprint density at radius 1 is 1.22 bits per heavy atom. The molecule has 1 aliphatic carbocycles. The van der Waals surface area contributed by atoms with Crippen LogP contribution in [0.5, 0.6) is 5.75 Å². The second-order valence-electron chi connectivity index (χ2n) is 6.96. The van der Waals surface area contributed by atoms with Crippen molar-refractivity contribution in [3.8, 4) is 5.75 Å². The van der Waals surface area contributed by atoms with E-state index in [9.17, 15) is 4.79 Å². The molecule has 4 nitrogen and oxygen atoms in total. The summed E-state index contributed by atoms with van der Waals surface area (Å²) >= 11 is 0. The van der Waals surface area contributed by atoms with E-state index in [0.29, 0.717) is 12.5 Å². The highest BCUT2D eigenvalue weighted by atomic mass is 16.5. The maximum Gasteiger partial charge on any atom is 0.224 e. The maximum absolute atomic E-state index is 12.5. The third kappa shape index (κ3) is 4.47. The summed E-state index contributed by atoms with van der Waals surface area (Å²) in [6, 6.07) is 3.97. The van der Waals surface area contributed by atoms with Gasteiger partial charge in [0.15, 0.2) is 0 Å². The van der Waals surface area contributed by atoms with Crippen molar-refractivity contribution >= 4 is 5.91 Å². The number of carbonyl (C=O) groups excluding carboxylic acids is 1. The highest BCUT2D eigenvalue weighted by Gasteiger charge is 2.32. The summed E-state index contributed by atoms with van der Waals surface area (Å²) in [5.74, 6) is 0.939. The van der Waals surface area contributed by atoms with Crippen LogP contribution in [0.1, 0.15) is 49.3 Å². The van der Waals surface area contributed by atoms with Gasteiger partial charge in [0.2, 0.25) is 5.91 Å². The number of ether oxygens (including phenoxy) is 2. The molecule has 0 spiro atoms. The van der Waals surface area contributed by atoms with Crippen LogP contribution in [0.2, 0.25) is 0 Å². The average molecular weight is 319 g/mol. The molecular weight excluding hydrogens is 290 g/mol. The summed E-state index contributed by atoms with van der Waals surface area (Å²) in [7, 11) is 3.43. The standard InChI is InChI=1S/C19H29NO3/c1-13-10-16(23-5)11-14(2)17(13)12-18(21)20-19(3)8-6-15(22-4)7-9-19/h10-11,15H,6-9,12H2,1-5H3,(H,20,21). The first-order chi connectivity index (χ1) is 10.9. The highest BCUT2D eigenvalue weighted by Crippen LogP contribution is 2.30. The summed E-state index contributed by atoms with van der Waals surface area (Å²) in [5.41, 5.74) is 3.19. The molecule has 0 saturated heterocycles. The molecule has 2 rings (SSSR count). The van der Waals surface area contributed by atoms with E-state index in [-0.39, 0.29) is 11.4 Å². The van der Waals surface area contributed by atoms with Crippen molar-refractivity contribution in [2.24, 2.45) is 0 Å². The molecule has 0 aliphatic heterocycles. The second kappa shape index (κ2) is 7.35. The Morgan fingerprint density at radius 3 is 2.26 bits per heavy atom. The molecule has 0 unspecified atom stereocenters. The number of hydrogen-bond acceptors (Lipinski definition) is 3. The first kappa shape index (κ1) is 17.8. The van der Waals surface area contributed by atoms with Gasteiger partial charge in [-0.3, -0.25) is 4.79 Å². The van der Waals surface area contributed by atoms with Crippen LogP contribution in [0.4, 0.5) is 0 Å². The lowest BCUT2D eigenvalue weighted by Crippen LogP contribution is -2.49. The van der Waals surface area contributed by atoms with Gasteiger partial charge in [-0.25, -0.2) is 0 Å². The molecule has 23 heavy (non-hydrogen) atoms. The number of rotatable bonds is 5. The fraction of sp³-hybridized carbons (Fsp3) is 0.632. The maximum atomic E-state index is 12.5. The molecule has 128 valence electrons. The molecule has 1 aromatic carbocycles. The summed E-state index contributed by atoms with van der Waals surface area (Å²) in [6.45, 7) is 6.21. The zero-order valence-corrected chi connectivity index (χ0v) is 15.0. The summed E-state index contributed by atoms with van der Waals surface area (Å²) in [4.78, 5) is 12.5. The van der Waals surface area contributed by atoms with E-state index < -0.39 is 0 Å². The molecule has 1 N–H and O–H groups in total. The molecule has 0 bridgehead atoms. The molecule has 1 saturated carbocycles. The molecule has 0 radical (unpaired) electrons. The van der Waals surface area contributed by atoms with Crippen LogP contribution in [0.25, 0.3) is 0 Å². The molecular formula is C19H29NO3. The van der Waals surface area contributed by atoms with E-state index in [4.69, 9.17) is 9.47 Å². The third-order valence-corrected chi connectivity index (χ3v) is 5.05. The normalized spacial score (nSPS) is 24.3. The lowest BCUT2D eigenvalue weighted by Gasteiger charge is -2.37. The van der Waals surface area contributed by atoms with Crippen molar-refractivity contribution in [3.63, 3.8) is 0 Å². The second-order valence-corrected chi connectivity index (χ2v) is 6.96. The smallest absolute Gasteiger partial charge is 0.224 e. The number of aryl methyl sites for hydroxylation is 2. The topological polar surface area (TPSA) is 47.6 Å². The Bertz CT molecular complexity index is 537. The van der Waals surface area contributed by atoms with Crippen LogP contribution in [0.15, 0.2) is 12.1 Å². The van der Waals surface area contributed by atoms with E-state index in [2.05, 4.69) is 12.2 Å². The van der Waals surface area contributed by atoms with Gasteiger partial charge < -0.3 is 14.8 Å². The van der Waals surface area contributed by atoms with Gasteiger partial charge in [-0.15, -0.1) is 0 Å². The average Bonchev–Trinajstić information content (AvgIpc) is 2.51. The summed E-state index contributed by atoms with van der Waals surface area (Å²) < 4.78 is 10.7. The van der Waals surface area contributed by atoms with Crippen molar-refractivity contribution in [1.82, 2.24) is 5.32 Å². The van der Waals surface area contributed by atoms with Crippen LogP contribution < -0.4 is 10.1 Å². The van der Waals surface area contributed by atoms with Crippen LogP contribution in [-0.4, -0.2) is 31.8 Å². The Morgan fingerprint density at radius 2 is 1.78 bits per heavy atom. The van der Waals surface area contributed by atoms with Crippen molar-refractivity contribution in [2.45, 2.75) is 64.5 Å². The quantitative estimate of drug-likeness (QED) is 0.905. The zero-order chi connectivity index (χ0) is 17.0. The Kier molecular flexibility index (Phi) is 5.69. The minimum absolute atomic E-state index is 0.0970. The number of benzene rings is 1. The predicted octanol–water partition coefficient (Wildman–Crippen LogP) is 3.32. The van der Waals surface area contributed by atoms with E-state index in [1.807, 2.05) is 26.0 Å². The summed E-state index contributed by atoms with van der Waals surface area (Å²) in [6.07, 6.45) is 4.72. The monoisotopic (exact) mass is 319 g/mol. The van der Waals surface area contributed by atoms with Crippen molar-refractivity contribution in [2.75, 3.05) is 14.2 Å². The van der Waals surface area contributed by atoms with Gasteiger partial charge >= 0.3 is 0 Å². The summed E-state index contributed by atoms with van der Waals surface area (Å²) in [5, 5.41) is 3.25. The first-order valence-electron chi connectivity index (χ1n) is 8.35. The Balaban J connectivity index is 2.00. The van der Waals surface area contributed by atoms with E-state index >= 15 is 0 Å². The molecule has 1 aromatic rings. The van der Waals surface area contributed by atoms with Crippen LogP contribution in [0.3, 0.4) is 0 Å². The van der Waals surface area contributed by atoms with Crippen LogP contribution in [-0.2, 0) is 16.0 Å². The number of hydrogen-bond donors (Lipinski definition) is 1. The minimum atomic E-state index is -0.111. The van der Waals surface area contributed by atoms with Crippen LogP contribution in [0, 0.1) is 13.8 Å². The molecule has 1 amide bonds. The number of carbonyl (C=O) groups is 1. The number of methoxy groups -OCH3 is 2. The van der Waals surface area contributed by atoms with Gasteiger partial charge in [0.25, 0.3) is 0 Å². The van der Waals surface area contributed by atoms with Gasteiger partial charge in [0.05, 0.1) is 19.6 Å². The third-order valence-electron chi connectivity index (χ3n) is 5.05. The van der Waals surface area contributed by atoms with Crippen molar-refractivity contribution < 1.29 is 14.3 Å². The molecule has 1 aliphatic rings. The fourth-order valence-corrected chi connectivity index (χ4v) is 3.48. The van der Waals surface area contributed by atoms with E-state index in [0.717, 1.165) is 48.1 Å². The largest absolute Gasteiger partial charge is 0.497 e. The van der Waals surface area contributed by atoms with Gasteiger partial charge in [-0.1, -0.05) is 0 Å². The fourth-order valence-electron chi connectivity index (χ4n) is 3.48. The number of nitrogens with one attached hydrogen (secondary N) is 1. The lowest BCUT2D eigenvalue weighted by molar-refractivity contribution is -0.123. The van der Waals surface area contributed by atoms with Crippen LogP contribution >= 0.6 is 0 Å². The van der Waals surface area contributed by atoms with Gasteiger partial charge in [0, 0.05) is 12.6 Å². The number of amides is 1. The van der Waals surface area contributed by atoms with E-state index in [1.165, 1.54) is 0 Å². The lowest BCUT2D eigenvalue weighted by atomic mass is 9.81. The van der Waals surface area contributed by atoms with Crippen molar-refractivity contribution in [1.29, 1.82) is 0 Å². The molecule has 4 heteroatoms. The Hall–Kier alpha value is -1.55. The zero-order valence-electron chi connectivity index (χ0n) is 15.0. The molecule has 0 atom stereocenters. The SMILES string of the molecule is COc1cc(C)c(CC(=O)NC2(C)CCC(OC)CC2)c(C)c1. The molecule has 1 fully saturated rings. The van der Waals surface area contributed by atoms with Gasteiger partial charge in [-0.2, -0.15) is 0 Å². The Labute approximate surface area is 139 Å². The molecule has 0 heterocycles. The first-order valence-corrected chi connectivity index (χ1v) is 8.35. The highest BCUT2D eigenvalue weighted by molar-refractivity contribution is 5.80. The minimum Gasteiger partial charge on any atom is -0.497 e. The van der Waals surface area contributed by atoms with E-state index in [1.54, 1.807) is 14.2 Å². The van der Waals surface area contributed by atoms with Crippen molar-refractivity contribution in [3.05, 3.63) is 28.8 Å².